The summed E-state index contributed by atoms with van der Waals surface area (Å²) in [5.41, 5.74) is 4.42. The molecule has 6 nitrogen and oxygen atoms in total. The van der Waals surface area contributed by atoms with E-state index in [1.54, 1.807) is 24.3 Å². The summed E-state index contributed by atoms with van der Waals surface area (Å²) in [6.07, 6.45) is 0. The van der Waals surface area contributed by atoms with Gasteiger partial charge in [-0.25, -0.2) is 4.98 Å². The summed E-state index contributed by atoms with van der Waals surface area (Å²) in [7, 11) is 0. The van der Waals surface area contributed by atoms with Crippen LogP contribution >= 0.6 is 0 Å². The molecule has 0 atom stereocenters. The Labute approximate surface area is 161 Å². The summed E-state index contributed by atoms with van der Waals surface area (Å²) in [6.45, 7) is 1.43. The van der Waals surface area contributed by atoms with Gasteiger partial charge in [0.25, 0.3) is 5.91 Å². The number of amides is 2. The molecule has 0 spiro atoms. The highest BCUT2D eigenvalue weighted by Crippen LogP contribution is 2.23. The molecule has 1 aromatic heterocycles. The van der Waals surface area contributed by atoms with Gasteiger partial charge < -0.3 is 15.6 Å². The normalized spacial score (nSPS) is 10.6. The van der Waals surface area contributed by atoms with Crippen LogP contribution in [0.25, 0.3) is 22.4 Å². The number of benzene rings is 3. The van der Waals surface area contributed by atoms with E-state index in [-0.39, 0.29) is 11.8 Å². The predicted octanol–water partition coefficient (Wildman–Crippen LogP) is 4.44. The molecular weight excluding hydrogens is 352 g/mol. The minimum absolute atomic E-state index is 0.184. The van der Waals surface area contributed by atoms with Gasteiger partial charge >= 0.3 is 0 Å². The lowest BCUT2D eigenvalue weighted by molar-refractivity contribution is -0.114. The average molecular weight is 370 g/mol. The summed E-state index contributed by atoms with van der Waals surface area (Å²) in [5, 5.41) is 5.57. The molecule has 0 aliphatic heterocycles. The maximum atomic E-state index is 12.6. The summed E-state index contributed by atoms with van der Waals surface area (Å²) in [4.78, 5) is 31.7. The molecule has 0 fully saturated rings. The van der Waals surface area contributed by atoms with Crippen molar-refractivity contribution >= 4 is 34.2 Å². The van der Waals surface area contributed by atoms with Crippen molar-refractivity contribution in [2.75, 3.05) is 10.6 Å². The Hall–Kier alpha value is -3.93. The first-order valence-corrected chi connectivity index (χ1v) is 8.83. The van der Waals surface area contributed by atoms with Crippen LogP contribution in [0.1, 0.15) is 17.3 Å². The Kier molecular flexibility index (Phi) is 4.60. The lowest BCUT2D eigenvalue weighted by Crippen LogP contribution is -2.13. The number of hydrogen-bond acceptors (Lipinski definition) is 3. The van der Waals surface area contributed by atoms with Gasteiger partial charge in [0.2, 0.25) is 5.91 Å². The number of carbonyl (C=O) groups is 2. The van der Waals surface area contributed by atoms with Gasteiger partial charge in [0.05, 0.1) is 11.0 Å². The van der Waals surface area contributed by atoms with E-state index in [4.69, 9.17) is 0 Å². The lowest BCUT2D eigenvalue weighted by atomic mass is 10.1. The van der Waals surface area contributed by atoms with Crippen LogP contribution in [0.2, 0.25) is 0 Å². The van der Waals surface area contributed by atoms with Crippen LogP contribution in [0.15, 0.2) is 72.8 Å². The van der Waals surface area contributed by atoms with Crippen molar-refractivity contribution in [2.24, 2.45) is 0 Å². The fraction of sp³-hybridized carbons (Fsp3) is 0.0455. The number of imidazole rings is 1. The van der Waals surface area contributed by atoms with Gasteiger partial charge in [-0.05, 0) is 42.5 Å². The Morgan fingerprint density at radius 3 is 2.39 bits per heavy atom. The fourth-order valence-electron chi connectivity index (χ4n) is 2.98. The molecule has 138 valence electrons. The van der Waals surface area contributed by atoms with Gasteiger partial charge in [-0.2, -0.15) is 0 Å². The first kappa shape index (κ1) is 17.5. The van der Waals surface area contributed by atoms with Crippen molar-refractivity contribution in [1.29, 1.82) is 0 Å². The summed E-state index contributed by atoms with van der Waals surface area (Å²) >= 11 is 0. The first-order chi connectivity index (χ1) is 13.6. The van der Waals surface area contributed by atoms with Gasteiger partial charge in [0.1, 0.15) is 5.82 Å². The number of rotatable bonds is 4. The van der Waals surface area contributed by atoms with Crippen molar-refractivity contribution in [3.05, 3.63) is 78.4 Å². The minimum Gasteiger partial charge on any atom is -0.338 e. The molecule has 6 heteroatoms. The molecule has 0 saturated heterocycles. The average Bonchev–Trinajstić information content (AvgIpc) is 3.12. The topological polar surface area (TPSA) is 86.9 Å². The SMILES string of the molecule is CC(=O)Nc1cccc(C(=O)Nc2cccc(-c3nc4ccccc4[nH]3)c2)c1. The first-order valence-electron chi connectivity index (χ1n) is 8.83. The highest BCUT2D eigenvalue weighted by Gasteiger charge is 2.10. The molecule has 28 heavy (non-hydrogen) atoms. The zero-order valence-corrected chi connectivity index (χ0v) is 15.2. The molecule has 4 rings (SSSR count). The van der Waals surface area contributed by atoms with E-state index in [0.29, 0.717) is 16.9 Å². The second-order valence-corrected chi connectivity index (χ2v) is 6.40. The van der Waals surface area contributed by atoms with E-state index >= 15 is 0 Å². The van der Waals surface area contributed by atoms with Crippen molar-refractivity contribution in [1.82, 2.24) is 9.97 Å². The molecule has 0 aliphatic rings. The van der Waals surface area contributed by atoms with Crippen LogP contribution in [-0.4, -0.2) is 21.8 Å². The molecule has 0 aliphatic carbocycles. The van der Waals surface area contributed by atoms with E-state index in [9.17, 15) is 9.59 Å². The van der Waals surface area contributed by atoms with Gasteiger partial charge in [0.15, 0.2) is 0 Å². The third kappa shape index (κ3) is 3.76. The maximum absolute atomic E-state index is 12.6. The quantitative estimate of drug-likeness (QED) is 0.496. The van der Waals surface area contributed by atoms with Crippen LogP contribution < -0.4 is 10.6 Å². The van der Waals surface area contributed by atoms with E-state index in [1.807, 2.05) is 48.5 Å². The minimum atomic E-state index is -0.256. The number of nitrogens with zero attached hydrogens (tertiary/aromatic N) is 1. The molecule has 0 bridgehead atoms. The molecule has 0 radical (unpaired) electrons. The van der Waals surface area contributed by atoms with Crippen molar-refractivity contribution in [3.63, 3.8) is 0 Å². The van der Waals surface area contributed by atoms with Crippen LogP contribution in [0.5, 0.6) is 0 Å². The van der Waals surface area contributed by atoms with E-state index in [0.717, 1.165) is 22.4 Å². The standard InChI is InChI=1S/C22H18N4O2/c1-14(27)23-17-8-5-7-16(13-17)22(28)24-18-9-4-6-15(12-18)21-25-19-10-2-3-11-20(19)26-21/h2-13H,1H3,(H,23,27)(H,24,28)(H,25,26). The van der Waals surface area contributed by atoms with Crippen molar-refractivity contribution in [2.45, 2.75) is 6.92 Å². The number of carbonyl (C=O) groups excluding carboxylic acids is 2. The largest absolute Gasteiger partial charge is 0.338 e. The number of hydrogen-bond donors (Lipinski definition) is 3. The molecule has 0 saturated carbocycles. The van der Waals surface area contributed by atoms with Gasteiger partial charge in [-0.15, -0.1) is 0 Å². The second kappa shape index (κ2) is 7.36. The van der Waals surface area contributed by atoms with Crippen LogP contribution in [0.3, 0.4) is 0 Å². The van der Waals surface area contributed by atoms with Gasteiger partial charge in [0, 0.05) is 29.4 Å². The third-order valence-electron chi connectivity index (χ3n) is 4.23. The Bertz CT molecular complexity index is 1150. The zero-order chi connectivity index (χ0) is 19.5. The van der Waals surface area contributed by atoms with Gasteiger partial charge in [-0.3, -0.25) is 9.59 Å². The number of H-pyrrole nitrogens is 1. The molecule has 0 unspecified atom stereocenters. The van der Waals surface area contributed by atoms with E-state index < -0.39 is 0 Å². The Balaban J connectivity index is 1.56. The van der Waals surface area contributed by atoms with Gasteiger partial charge in [-0.1, -0.05) is 30.3 Å². The third-order valence-corrected chi connectivity index (χ3v) is 4.23. The summed E-state index contributed by atoms with van der Waals surface area (Å²) in [6, 6.07) is 22.1. The predicted molar refractivity (Wildman–Crippen MR) is 110 cm³/mol. The summed E-state index contributed by atoms with van der Waals surface area (Å²) in [5.74, 6) is 0.301. The zero-order valence-electron chi connectivity index (χ0n) is 15.2. The molecular formula is C22H18N4O2. The molecule has 3 aromatic carbocycles. The molecule has 1 heterocycles. The Morgan fingerprint density at radius 1 is 0.857 bits per heavy atom. The highest BCUT2D eigenvalue weighted by atomic mass is 16.2. The maximum Gasteiger partial charge on any atom is 0.255 e. The highest BCUT2D eigenvalue weighted by molar-refractivity contribution is 6.05. The summed E-state index contributed by atoms with van der Waals surface area (Å²) < 4.78 is 0. The number of nitrogens with one attached hydrogen (secondary N) is 3. The smallest absolute Gasteiger partial charge is 0.255 e. The van der Waals surface area contributed by atoms with E-state index in [2.05, 4.69) is 20.6 Å². The van der Waals surface area contributed by atoms with Crippen molar-refractivity contribution in [3.8, 4) is 11.4 Å². The Morgan fingerprint density at radius 2 is 1.61 bits per heavy atom. The lowest BCUT2D eigenvalue weighted by Gasteiger charge is -2.08. The van der Waals surface area contributed by atoms with Crippen molar-refractivity contribution < 1.29 is 9.59 Å². The molecule has 2 amide bonds. The van der Waals surface area contributed by atoms with E-state index in [1.165, 1.54) is 6.92 Å². The monoisotopic (exact) mass is 370 g/mol. The molecule has 3 N–H and O–H groups in total. The number of aromatic nitrogens is 2. The number of anilines is 2. The molecule has 4 aromatic rings. The second-order valence-electron chi connectivity index (χ2n) is 6.40. The van der Waals surface area contributed by atoms with Crippen LogP contribution in [-0.2, 0) is 4.79 Å². The van der Waals surface area contributed by atoms with Crippen LogP contribution in [0.4, 0.5) is 11.4 Å². The van der Waals surface area contributed by atoms with Crippen LogP contribution in [0, 0.1) is 0 Å². The fourth-order valence-corrected chi connectivity index (χ4v) is 2.98. The number of para-hydroxylation sites is 2. The number of fused-ring (bicyclic) bond motifs is 1. The number of aromatic amines is 1.